The lowest BCUT2D eigenvalue weighted by Crippen LogP contribution is -2.46. The molecule has 2 heterocycles. The largest absolute Gasteiger partial charge is 0.388 e. The minimum Gasteiger partial charge on any atom is -0.388 e. The summed E-state index contributed by atoms with van der Waals surface area (Å²) in [7, 11) is 0. The van der Waals surface area contributed by atoms with Crippen LogP contribution in [0.2, 0.25) is 0 Å². The van der Waals surface area contributed by atoms with Gasteiger partial charge in [0.25, 0.3) is 5.91 Å². The van der Waals surface area contributed by atoms with Crippen molar-refractivity contribution in [3.63, 3.8) is 0 Å². The molecule has 2 rings (SSSR count). The molecule has 3 N–H and O–H groups in total. The van der Waals surface area contributed by atoms with E-state index in [0.717, 1.165) is 0 Å². The van der Waals surface area contributed by atoms with Gasteiger partial charge in [-0.1, -0.05) is 0 Å². The number of aromatic amines is 1. The topological polar surface area (TPSA) is 87.2 Å². The number of nitrogens with zero attached hydrogens (tertiary/aromatic N) is 1. The van der Waals surface area contributed by atoms with Gasteiger partial charge in [-0.05, 0) is 0 Å². The number of carbonyl (C=O) groups excluding carboxylic acids is 1. The summed E-state index contributed by atoms with van der Waals surface area (Å²) >= 11 is 0. The van der Waals surface area contributed by atoms with Gasteiger partial charge in [0.05, 0.1) is 17.4 Å². The standard InChI is InChI=1S/C10H15N3O3/c14-9(8-5-12-13-6-8)11-7-10(15)1-3-16-4-2-10/h5-6,15H,1-4,7H2,(H,11,14)(H,12,13). The van der Waals surface area contributed by atoms with Crippen molar-refractivity contribution >= 4 is 5.91 Å². The molecule has 0 bridgehead atoms. The second-order valence-corrected chi connectivity index (χ2v) is 4.01. The van der Waals surface area contributed by atoms with Crippen molar-refractivity contribution in [2.75, 3.05) is 19.8 Å². The number of ether oxygens (including phenoxy) is 1. The van der Waals surface area contributed by atoms with Crippen LogP contribution in [0.25, 0.3) is 0 Å². The van der Waals surface area contributed by atoms with Crippen LogP contribution in [0.15, 0.2) is 12.4 Å². The third-order valence-electron chi connectivity index (χ3n) is 2.76. The van der Waals surface area contributed by atoms with E-state index in [4.69, 9.17) is 4.74 Å². The Labute approximate surface area is 93.0 Å². The van der Waals surface area contributed by atoms with E-state index in [9.17, 15) is 9.90 Å². The molecule has 0 aromatic carbocycles. The molecule has 1 aromatic heterocycles. The molecule has 0 atom stereocenters. The van der Waals surface area contributed by atoms with Crippen molar-refractivity contribution in [2.45, 2.75) is 18.4 Å². The maximum Gasteiger partial charge on any atom is 0.254 e. The van der Waals surface area contributed by atoms with Crippen molar-refractivity contribution in [1.29, 1.82) is 0 Å². The molecule has 1 amide bonds. The zero-order valence-electron chi connectivity index (χ0n) is 8.90. The van der Waals surface area contributed by atoms with E-state index in [0.29, 0.717) is 31.6 Å². The first-order chi connectivity index (χ1) is 7.70. The summed E-state index contributed by atoms with van der Waals surface area (Å²) in [6.07, 6.45) is 4.07. The molecule has 1 aliphatic rings. The maximum absolute atomic E-state index is 11.6. The van der Waals surface area contributed by atoms with E-state index in [-0.39, 0.29) is 12.5 Å². The summed E-state index contributed by atoms with van der Waals surface area (Å²) in [5.41, 5.74) is -0.367. The van der Waals surface area contributed by atoms with Crippen molar-refractivity contribution in [1.82, 2.24) is 15.5 Å². The highest BCUT2D eigenvalue weighted by molar-refractivity contribution is 5.93. The average Bonchev–Trinajstić information content (AvgIpc) is 2.80. The number of hydrogen-bond donors (Lipinski definition) is 3. The van der Waals surface area contributed by atoms with Crippen molar-refractivity contribution in [3.8, 4) is 0 Å². The molecule has 6 heteroatoms. The van der Waals surface area contributed by atoms with Crippen molar-refractivity contribution < 1.29 is 14.6 Å². The van der Waals surface area contributed by atoms with E-state index in [1.807, 2.05) is 0 Å². The van der Waals surface area contributed by atoms with Crippen LogP contribution in [0.3, 0.4) is 0 Å². The minimum absolute atomic E-state index is 0.228. The Hall–Kier alpha value is -1.40. The van der Waals surface area contributed by atoms with Crippen molar-refractivity contribution in [3.05, 3.63) is 18.0 Å². The average molecular weight is 225 g/mol. The van der Waals surface area contributed by atoms with Gasteiger partial charge >= 0.3 is 0 Å². The highest BCUT2D eigenvalue weighted by atomic mass is 16.5. The third kappa shape index (κ3) is 2.59. The minimum atomic E-state index is -0.836. The van der Waals surface area contributed by atoms with Gasteiger partial charge in [-0.25, -0.2) is 0 Å². The molecule has 1 aliphatic heterocycles. The molecule has 16 heavy (non-hydrogen) atoms. The third-order valence-corrected chi connectivity index (χ3v) is 2.76. The summed E-state index contributed by atoms with van der Waals surface area (Å²) in [6.45, 7) is 1.33. The number of hydrogen-bond acceptors (Lipinski definition) is 4. The normalized spacial score (nSPS) is 19.3. The van der Waals surface area contributed by atoms with Crippen LogP contribution < -0.4 is 5.32 Å². The number of carbonyl (C=O) groups is 1. The Balaban J connectivity index is 1.84. The zero-order valence-corrected chi connectivity index (χ0v) is 8.90. The monoisotopic (exact) mass is 225 g/mol. The summed E-state index contributed by atoms with van der Waals surface area (Å²) in [5.74, 6) is -0.228. The maximum atomic E-state index is 11.6. The molecule has 1 aromatic rings. The van der Waals surface area contributed by atoms with Crippen LogP contribution in [-0.2, 0) is 4.74 Å². The lowest BCUT2D eigenvalue weighted by Gasteiger charge is -2.31. The molecule has 1 saturated heterocycles. The molecule has 0 saturated carbocycles. The summed E-state index contributed by atoms with van der Waals surface area (Å²) in [6, 6.07) is 0. The number of aliphatic hydroxyl groups is 1. The molecular formula is C10H15N3O3. The predicted molar refractivity (Wildman–Crippen MR) is 55.9 cm³/mol. The Morgan fingerprint density at radius 2 is 2.38 bits per heavy atom. The van der Waals surface area contributed by atoms with Gasteiger partial charge in [-0.2, -0.15) is 5.10 Å². The molecular weight excluding hydrogens is 210 g/mol. The summed E-state index contributed by atoms with van der Waals surface area (Å²) in [5, 5.41) is 19.0. The van der Waals surface area contributed by atoms with E-state index in [1.165, 1.54) is 12.4 Å². The fraction of sp³-hybridized carbons (Fsp3) is 0.600. The highest BCUT2D eigenvalue weighted by Crippen LogP contribution is 2.19. The highest BCUT2D eigenvalue weighted by Gasteiger charge is 2.30. The second kappa shape index (κ2) is 4.63. The molecule has 0 aliphatic carbocycles. The fourth-order valence-corrected chi connectivity index (χ4v) is 1.65. The SMILES string of the molecule is O=C(NCC1(O)CCOCC1)c1cn[nH]c1. The first-order valence-corrected chi connectivity index (χ1v) is 5.27. The van der Waals surface area contributed by atoms with Crippen LogP contribution >= 0.6 is 0 Å². The molecule has 0 radical (unpaired) electrons. The molecule has 0 unspecified atom stereocenters. The van der Waals surface area contributed by atoms with Gasteiger partial charge in [-0.15, -0.1) is 0 Å². The number of aromatic nitrogens is 2. The molecule has 88 valence electrons. The van der Waals surface area contributed by atoms with Crippen LogP contribution in [0.4, 0.5) is 0 Å². The first kappa shape index (κ1) is 11.1. The van der Waals surface area contributed by atoms with E-state index < -0.39 is 5.60 Å². The van der Waals surface area contributed by atoms with Gasteiger partial charge in [0.15, 0.2) is 0 Å². The smallest absolute Gasteiger partial charge is 0.254 e. The molecule has 6 nitrogen and oxygen atoms in total. The number of rotatable bonds is 3. The summed E-state index contributed by atoms with van der Waals surface area (Å²) < 4.78 is 5.16. The van der Waals surface area contributed by atoms with Crippen LogP contribution in [0.5, 0.6) is 0 Å². The van der Waals surface area contributed by atoms with Crippen LogP contribution in [-0.4, -0.2) is 46.6 Å². The van der Waals surface area contributed by atoms with E-state index in [1.54, 1.807) is 0 Å². The fourth-order valence-electron chi connectivity index (χ4n) is 1.65. The molecule has 1 fully saturated rings. The zero-order chi connectivity index (χ0) is 11.4. The Morgan fingerprint density at radius 1 is 1.62 bits per heavy atom. The van der Waals surface area contributed by atoms with Gasteiger partial charge in [0.1, 0.15) is 0 Å². The Bertz CT molecular complexity index is 344. The summed E-state index contributed by atoms with van der Waals surface area (Å²) in [4.78, 5) is 11.6. The Morgan fingerprint density at radius 3 is 3.00 bits per heavy atom. The van der Waals surface area contributed by atoms with Crippen LogP contribution in [0.1, 0.15) is 23.2 Å². The van der Waals surface area contributed by atoms with Gasteiger partial charge in [-0.3, -0.25) is 9.89 Å². The van der Waals surface area contributed by atoms with E-state index >= 15 is 0 Å². The first-order valence-electron chi connectivity index (χ1n) is 5.27. The number of nitrogens with one attached hydrogen (secondary N) is 2. The van der Waals surface area contributed by atoms with Crippen LogP contribution in [0, 0.1) is 0 Å². The lowest BCUT2D eigenvalue weighted by atomic mass is 9.94. The lowest BCUT2D eigenvalue weighted by molar-refractivity contribution is -0.0605. The second-order valence-electron chi connectivity index (χ2n) is 4.01. The predicted octanol–water partition coefficient (Wildman–Crippen LogP) is -0.319. The van der Waals surface area contributed by atoms with E-state index in [2.05, 4.69) is 15.5 Å². The number of amides is 1. The number of H-pyrrole nitrogens is 1. The van der Waals surface area contributed by atoms with Gasteiger partial charge < -0.3 is 15.2 Å². The van der Waals surface area contributed by atoms with Crippen molar-refractivity contribution in [2.24, 2.45) is 0 Å². The quantitative estimate of drug-likeness (QED) is 0.658. The Kier molecular flexibility index (Phi) is 3.21. The molecule has 0 spiro atoms. The van der Waals surface area contributed by atoms with Gasteiger partial charge in [0.2, 0.25) is 0 Å². The van der Waals surface area contributed by atoms with Gasteiger partial charge in [0, 0.05) is 38.8 Å².